The van der Waals surface area contributed by atoms with E-state index in [-0.39, 0.29) is 0 Å². The number of terminal acetylenes is 1. The van der Waals surface area contributed by atoms with Crippen LogP contribution in [-0.4, -0.2) is 37.6 Å². The van der Waals surface area contributed by atoms with Gasteiger partial charge < -0.3 is 10.2 Å². The Hall–Kier alpha value is -0.520. The first-order valence-electron chi connectivity index (χ1n) is 5.69. The van der Waals surface area contributed by atoms with Crippen LogP contribution in [0.5, 0.6) is 0 Å². The largest absolute Gasteiger partial charge is 0.305 e. The molecule has 0 bridgehead atoms. The molecule has 14 heavy (non-hydrogen) atoms. The molecule has 0 amide bonds. The molecule has 2 nitrogen and oxygen atoms in total. The molecule has 0 aliphatic carbocycles. The summed E-state index contributed by atoms with van der Waals surface area (Å²) < 4.78 is 0. The van der Waals surface area contributed by atoms with Gasteiger partial charge in [0.25, 0.3) is 0 Å². The normalized spacial score (nSPS) is 24.1. The highest BCUT2D eigenvalue weighted by Crippen LogP contribution is 2.15. The lowest BCUT2D eigenvalue weighted by Gasteiger charge is -2.19. The van der Waals surface area contributed by atoms with Gasteiger partial charge in [0.15, 0.2) is 0 Å². The van der Waals surface area contributed by atoms with Crippen LogP contribution in [0.15, 0.2) is 0 Å². The monoisotopic (exact) mass is 194 g/mol. The third-order valence-corrected chi connectivity index (χ3v) is 2.94. The van der Waals surface area contributed by atoms with Gasteiger partial charge in [0.2, 0.25) is 0 Å². The molecule has 1 heterocycles. The van der Waals surface area contributed by atoms with Gasteiger partial charge in [-0.25, -0.2) is 0 Å². The lowest BCUT2D eigenvalue weighted by molar-refractivity contribution is 0.282. The van der Waals surface area contributed by atoms with Crippen LogP contribution in [0.1, 0.15) is 26.2 Å². The Kier molecular flexibility index (Phi) is 5.66. The number of nitrogens with one attached hydrogen (secondary N) is 1. The fourth-order valence-corrected chi connectivity index (χ4v) is 1.94. The maximum Gasteiger partial charge on any atom is 0.0574 e. The van der Waals surface area contributed by atoms with E-state index in [0.717, 1.165) is 19.0 Å². The summed E-state index contributed by atoms with van der Waals surface area (Å²) in [5, 5.41) is 3.24. The SMILES string of the molecule is C#CCNCCN1CCCC(C)CC1. The minimum absolute atomic E-state index is 0.699. The predicted molar refractivity (Wildman–Crippen MR) is 61.2 cm³/mol. The van der Waals surface area contributed by atoms with E-state index in [2.05, 4.69) is 23.1 Å². The van der Waals surface area contributed by atoms with Crippen molar-refractivity contribution in [3.8, 4) is 12.3 Å². The smallest absolute Gasteiger partial charge is 0.0574 e. The molecule has 0 aromatic rings. The van der Waals surface area contributed by atoms with Crippen LogP contribution < -0.4 is 5.32 Å². The maximum absolute atomic E-state index is 5.16. The Labute approximate surface area is 88.1 Å². The van der Waals surface area contributed by atoms with Crippen LogP contribution in [0.25, 0.3) is 0 Å². The van der Waals surface area contributed by atoms with Gasteiger partial charge in [-0.1, -0.05) is 12.8 Å². The molecule has 1 N–H and O–H groups in total. The van der Waals surface area contributed by atoms with Crippen molar-refractivity contribution in [2.75, 3.05) is 32.7 Å². The molecule has 1 aliphatic heterocycles. The second-order valence-corrected chi connectivity index (χ2v) is 4.26. The summed E-state index contributed by atoms with van der Waals surface area (Å²) in [4.78, 5) is 2.55. The van der Waals surface area contributed by atoms with Crippen LogP contribution >= 0.6 is 0 Å². The van der Waals surface area contributed by atoms with E-state index in [1.54, 1.807) is 0 Å². The number of hydrogen-bond donors (Lipinski definition) is 1. The van der Waals surface area contributed by atoms with Gasteiger partial charge in [0, 0.05) is 13.1 Å². The van der Waals surface area contributed by atoms with Gasteiger partial charge in [0.05, 0.1) is 6.54 Å². The molecule has 80 valence electrons. The summed E-state index contributed by atoms with van der Waals surface area (Å²) in [6.07, 6.45) is 9.28. The van der Waals surface area contributed by atoms with E-state index >= 15 is 0 Å². The minimum Gasteiger partial charge on any atom is -0.305 e. The molecule has 0 radical (unpaired) electrons. The molecular formula is C12H22N2. The molecule has 1 saturated heterocycles. The van der Waals surface area contributed by atoms with Gasteiger partial charge in [0.1, 0.15) is 0 Å². The number of nitrogens with zero attached hydrogens (tertiary/aromatic N) is 1. The summed E-state index contributed by atoms with van der Waals surface area (Å²) in [7, 11) is 0. The zero-order valence-corrected chi connectivity index (χ0v) is 9.26. The highest BCUT2D eigenvalue weighted by Gasteiger charge is 2.12. The molecule has 1 unspecified atom stereocenters. The highest BCUT2D eigenvalue weighted by atomic mass is 15.1. The Morgan fingerprint density at radius 2 is 2.29 bits per heavy atom. The highest BCUT2D eigenvalue weighted by molar-refractivity contribution is 4.86. The van der Waals surface area contributed by atoms with E-state index in [4.69, 9.17) is 6.42 Å². The molecule has 0 aromatic heterocycles. The van der Waals surface area contributed by atoms with Crippen molar-refractivity contribution in [2.24, 2.45) is 5.92 Å². The second-order valence-electron chi connectivity index (χ2n) is 4.26. The van der Waals surface area contributed by atoms with Crippen molar-refractivity contribution in [1.29, 1.82) is 0 Å². The second kappa shape index (κ2) is 6.86. The van der Waals surface area contributed by atoms with Crippen LogP contribution in [0, 0.1) is 18.3 Å². The van der Waals surface area contributed by atoms with Gasteiger partial charge in [-0.05, 0) is 38.3 Å². The topological polar surface area (TPSA) is 15.3 Å². The van der Waals surface area contributed by atoms with Gasteiger partial charge in [-0.3, -0.25) is 0 Å². The van der Waals surface area contributed by atoms with Gasteiger partial charge in [-0.15, -0.1) is 6.42 Å². The molecule has 2 heteroatoms. The van der Waals surface area contributed by atoms with Gasteiger partial charge >= 0.3 is 0 Å². The van der Waals surface area contributed by atoms with Gasteiger partial charge in [-0.2, -0.15) is 0 Å². The van der Waals surface area contributed by atoms with Crippen LogP contribution in [-0.2, 0) is 0 Å². The summed E-state index contributed by atoms with van der Waals surface area (Å²) >= 11 is 0. The fraction of sp³-hybridized carbons (Fsp3) is 0.833. The quantitative estimate of drug-likeness (QED) is 0.536. The predicted octanol–water partition coefficient (Wildman–Crippen LogP) is 1.33. The summed E-state index contributed by atoms with van der Waals surface area (Å²) in [5.41, 5.74) is 0. The first kappa shape index (κ1) is 11.6. The Morgan fingerprint density at radius 1 is 1.43 bits per heavy atom. The average Bonchev–Trinajstić information content (AvgIpc) is 2.38. The number of likely N-dealkylation sites (tertiary alicyclic amines) is 1. The van der Waals surface area contributed by atoms with Crippen molar-refractivity contribution in [3.63, 3.8) is 0 Å². The lowest BCUT2D eigenvalue weighted by Crippen LogP contribution is -2.33. The van der Waals surface area contributed by atoms with Crippen LogP contribution in [0.3, 0.4) is 0 Å². The molecule has 1 aliphatic rings. The molecule has 0 saturated carbocycles. The zero-order chi connectivity index (χ0) is 10.2. The van der Waals surface area contributed by atoms with Crippen molar-refractivity contribution in [1.82, 2.24) is 10.2 Å². The van der Waals surface area contributed by atoms with Crippen LogP contribution in [0.4, 0.5) is 0 Å². The van der Waals surface area contributed by atoms with Crippen LogP contribution in [0.2, 0.25) is 0 Å². The maximum atomic E-state index is 5.16. The molecule has 1 fully saturated rings. The lowest BCUT2D eigenvalue weighted by atomic mass is 10.0. The first-order valence-corrected chi connectivity index (χ1v) is 5.69. The van der Waals surface area contributed by atoms with Crippen molar-refractivity contribution in [3.05, 3.63) is 0 Å². The van der Waals surface area contributed by atoms with E-state index in [0.29, 0.717) is 6.54 Å². The Bertz CT molecular complexity index is 183. The molecule has 0 spiro atoms. The van der Waals surface area contributed by atoms with E-state index in [1.165, 1.54) is 32.4 Å². The fourth-order valence-electron chi connectivity index (χ4n) is 1.94. The van der Waals surface area contributed by atoms with Crippen molar-refractivity contribution >= 4 is 0 Å². The third-order valence-electron chi connectivity index (χ3n) is 2.94. The standard InChI is InChI=1S/C12H22N2/c1-3-7-13-8-11-14-9-4-5-12(2)6-10-14/h1,12-13H,4-11H2,2H3. The van der Waals surface area contributed by atoms with Crippen molar-refractivity contribution < 1.29 is 0 Å². The Balaban J connectivity index is 2.08. The summed E-state index contributed by atoms with van der Waals surface area (Å²) in [6.45, 7) is 7.76. The van der Waals surface area contributed by atoms with E-state index in [9.17, 15) is 0 Å². The molecular weight excluding hydrogens is 172 g/mol. The Morgan fingerprint density at radius 3 is 3.07 bits per heavy atom. The number of rotatable bonds is 4. The average molecular weight is 194 g/mol. The molecule has 0 aromatic carbocycles. The number of hydrogen-bond acceptors (Lipinski definition) is 2. The molecule has 1 rings (SSSR count). The van der Waals surface area contributed by atoms with E-state index in [1.807, 2.05) is 0 Å². The van der Waals surface area contributed by atoms with E-state index < -0.39 is 0 Å². The first-order chi connectivity index (χ1) is 6.83. The molecule has 1 atom stereocenters. The zero-order valence-electron chi connectivity index (χ0n) is 9.26. The summed E-state index contributed by atoms with van der Waals surface area (Å²) in [5.74, 6) is 3.51. The third kappa shape index (κ3) is 4.64. The minimum atomic E-state index is 0.699. The van der Waals surface area contributed by atoms with Crippen molar-refractivity contribution in [2.45, 2.75) is 26.2 Å². The summed E-state index contributed by atoms with van der Waals surface area (Å²) in [6, 6.07) is 0.